The Labute approximate surface area is 246 Å². The van der Waals surface area contributed by atoms with E-state index < -0.39 is 0 Å². The number of benzene rings is 2. The number of rotatable bonds is 25. The van der Waals surface area contributed by atoms with Crippen LogP contribution in [0.15, 0.2) is 36.4 Å². The highest BCUT2D eigenvalue weighted by molar-refractivity contribution is 5.69. The molecule has 9 heteroatoms. The first-order valence-corrected chi connectivity index (χ1v) is 14.4. The second kappa shape index (κ2) is 22.5. The summed E-state index contributed by atoms with van der Waals surface area (Å²) in [4.78, 5) is 2.15. The fourth-order valence-corrected chi connectivity index (χ4v) is 3.95. The normalized spacial score (nSPS) is 11.5. The van der Waals surface area contributed by atoms with Gasteiger partial charge in [0.2, 0.25) is 0 Å². The highest BCUT2D eigenvalue weighted by atomic mass is 16.6. The van der Waals surface area contributed by atoms with E-state index in [2.05, 4.69) is 69.2 Å². The zero-order valence-corrected chi connectivity index (χ0v) is 25.8. The maximum absolute atomic E-state index is 6.08. The van der Waals surface area contributed by atoms with Gasteiger partial charge in [-0.1, -0.05) is 29.8 Å². The summed E-state index contributed by atoms with van der Waals surface area (Å²) in [6.45, 7) is 12.6. The van der Waals surface area contributed by atoms with Gasteiger partial charge in [-0.2, -0.15) is 0 Å². The minimum atomic E-state index is 0.486. The van der Waals surface area contributed by atoms with Gasteiger partial charge in [0.05, 0.1) is 85.9 Å². The molecule has 0 aliphatic rings. The molecule has 0 fully saturated rings. The molecule has 0 N–H and O–H groups in total. The van der Waals surface area contributed by atoms with Crippen molar-refractivity contribution >= 4 is 0 Å². The van der Waals surface area contributed by atoms with Crippen LogP contribution in [0.2, 0.25) is 0 Å². The average molecular weight is 578 g/mol. The van der Waals surface area contributed by atoms with Crippen molar-refractivity contribution in [3.8, 4) is 16.9 Å². The molecule has 0 radical (unpaired) electrons. The summed E-state index contributed by atoms with van der Waals surface area (Å²) in [5.41, 5.74) is 6.16. The van der Waals surface area contributed by atoms with E-state index in [4.69, 9.17) is 37.9 Å². The van der Waals surface area contributed by atoms with Gasteiger partial charge in [0.15, 0.2) is 0 Å². The Hall–Kier alpha value is -2.08. The number of ether oxygens (including phenoxy) is 8. The Balaban J connectivity index is 1.48. The van der Waals surface area contributed by atoms with Crippen LogP contribution in [0.4, 0.5) is 0 Å². The fraction of sp³-hybridized carbons (Fsp3) is 0.625. The van der Waals surface area contributed by atoms with Crippen molar-refractivity contribution in [2.75, 3.05) is 114 Å². The first-order chi connectivity index (χ1) is 20.0. The van der Waals surface area contributed by atoms with Crippen molar-refractivity contribution in [2.45, 2.75) is 20.4 Å². The van der Waals surface area contributed by atoms with E-state index >= 15 is 0 Å². The highest BCUT2D eigenvalue weighted by Crippen LogP contribution is 2.30. The van der Waals surface area contributed by atoms with Crippen molar-refractivity contribution in [1.82, 2.24) is 4.90 Å². The van der Waals surface area contributed by atoms with Gasteiger partial charge in [-0.15, -0.1) is 0 Å². The van der Waals surface area contributed by atoms with E-state index in [1.807, 2.05) is 0 Å². The predicted octanol–water partition coefficient (Wildman–Crippen LogP) is 4.16. The van der Waals surface area contributed by atoms with Crippen molar-refractivity contribution < 1.29 is 37.9 Å². The van der Waals surface area contributed by atoms with Crippen molar-refractivity contribution in [2.24, 2.45) is 0 Å². The summed E-state index contributed by atoms with van der Waals surface area (Å²) in [5, 5.41) is 0. The number of aryl methyl sites for hydroxylation is 2. The van der Waals surface area contributed by atoms with Crippen molar-refractivity contribution in [3.63, 3.8) is 0 Å². The molecular formula is C32H51NO8. The van der Waals surface area contributed by atoms with Crippen LogP contribution in [0.3, 0.4) is 0 Å². The highest BCUT2D eigenvalue weighted by Gasteiger charge is 2.10. The third kappa shape index (κ3) is 16.2. The van der Waals surface area contributed by atoms with E-state index in [-0.39, 0.29) is 0 Å². The molecule has 0 heterocycles. The van der Waals surface area contributed by atoms with Gasteiger partial charge in [0.25, 0.3) is 0 Å². The van der Waals surface area contributed by atoms with Gasteiger partial charge in [0, 0.05) is 19.2 Å². The van der Waals surface area contributed by atoms with E-state index in [1.54, 1.807) is 7.11 Å². The Morgan fingerprint density at radius 1 is 0.561 bits per heavy atom. The number of methoxy groups -OCH3 is 1. The molecule has 0 amide bonds. The summed E-state index contributed by atoms with van der Waals surface area (Å²) in [7, 11) is 5.79. The topological polar surface area (TPSA) is 77.1 Å². The lowest BCUT2D eigenvalue weighted by molar-refractivity contribution is -0.0199. The summed E-state index contributed by atoms with van der Waals surface area (Å²) in [6, 6.07) is 13.0. The molecule has 0 aliphatic carbocycles. The van der Waals surface area contributed by atoms with E-state index in [1.165, 1.54) is 22.3 Å². The second-order valence-electron chi connectivity index (χ2n) is 9.89. The third-order valence-electron chi connectivity index (χ3n) is 6.03. The van der Waals surface area contributed by atoms with Crippen LogP contribution in [0.1, 0.15) is 16.7 Å². The molecule has 0 aliphatic heterocycles. The monoisotopic (exact) mass is 577 g/mol. The summed E-state index contributed by atoms with van der Waals surface area (Å²) in [5.74, 6) is 0.893. The first-order valence-electron chi connectivity index (χ1n) is 14.4. The number of hydrogen-bond donors (Lipinski definition) is 0. The molecule has 0 bridgehead atoms. The molecule has 2 rings (SSSR count). The SMILES string of the molecule is COCCOCCOCCOCCOCCOCCOCCOc1ccc(-c2cc(C)ccc2C)cc1CN(C)C. The predicted molar refractivity (Wildman–Crippen MR) is 161 cm³/mol. The van der Waals surface area contributed by atoms with Crippen LogP contribution in [-0.4, -0.2) is 119 Å². The first kappa shape index (κ1) is 35.1. The largest absolute Gasteiger partial charge is 0.491 e. The maximum atomic E-state index is 6.08. The van der Waals surface area contributed by atoms with Gasteiger partial charge in [-0.25, -0.2) is 0 Å². The molecular weight excluding hydrogens is 526 g/mol. The molecule has 41 heavy (non-hydrogen) atoms. The molecule has 9 nitrogen and oxygen atoms in total. The van der Waals surface area contributed by atoms with Crippen LogP contribution >= 0.6 is 0 Å². The lowest BCUT2D eigenvalue weighted by Crippen LogP contribution is -2.15. The maximum Gasteiger partial charge on any atom is 0.123 e. The molecule has 0 saturated carbocycles. The van der Waals surface area contributed by atoms with Gasteiger partial charge in [-0.3, -0.25) is 0 Å². The molecule has 0 saturated heterocycles. The Morgan fingerprint density at radius 3 is 1.54 bits per heavy atom. The lowest BCUT2D eigenvalue weighted by atomic mass is 9.96. The average Bonchev–Trinajstić information content (AvgIpc) is 2.95. The zero-order valence-electron chi connectivity index (χ0n) is 25.8. The van der Waals surface area contributed by atoms with Crippen LogP contribution in [0, 0.1) is 13.8 Å². The van der Waals surface area contributed by atoms with Gasteiger partial charge < -0.3 is 42.8 Å². The van der Waals surface area contributed by atoms with Crippen molar-refractivity contribution in [1.29, 1.82) is 0 Å². The van der Waals surface area contributed by atoms with Gasteiger partial charge in [-0.05, 0) is 56.8 Å². The molecule has 232 valence electrons. The van der Waals surface area contributed by atoms with Crippen LogP contribution in [0.5, 0.6) is 5.75 Å². The van der Waals surface area contributed by atoms with E-state index in [0.717, 1.165) is 17.9 Å². The van der Waals surface area contributed by atoms with Crippen molar-refractivity contribution in [3.05, 3.63) is 53.1 Å². The van der Waals surface area contributed by atoms with Crippen LogP contribution in [-0.2, 0) is 39.7 Å². The quantitative estimate of drug-likeness (QED) is 0.162. The fourth-order valence-electron chi connectivity index (χ4n) is 3.95. The Morgan fingerprint density at radius 2 is 1.05 bits per heavy atom. The molecule has 0 unspecified atom stereocenters. The Kier molecular flexibility index (Phi) is 19.3. The van der Waals surface area contributed by atoms with Crippen LogP contribution in [0.25, 0.3) is 11.1 Å². The number of hydrogen-bond acceptors (Lipinski definition) is 9. The van der Waals surface area contributed by atoms with Gasteiger partial charge in [0.1, 0.15) is 12.4 Å². The van der Waals surface area contributed by atoms with Crippen LogP contribution < -0.4 is 4.74 Å². The molecule has 2 aromatic rings. The standard InChI is InChI=1S/C32H51NO8/c1-27-6-7-28(2)31(24-27)29-8-9-32(30(25-29)26-33(3)4)41-23-22-40-21-20-39-19-18-38-17-16-37-15-14-36-13-12-35-11-10-34-5/h6-9,24-25H,10-23,26H2,1-5H3. The summed E-state index contributed by atoms with van der Waals surface area (Å²) >= 11 is 0. The molecule has 0 spiro atoms. The minimum absolute atomic E-state index is 0.486. The van der Waals surface area contributed by atoms with Gasteiger partial charge >= 0.3 is 0 Å². The summed E-state index contributed by atoms with van der Waals surface area (Å²) in [6.07, 6.45) is 0. The smallest absolute Gasteiger partial charge is 0.123 e. The van der Waals surface area contributed by atoms with E-state index in [0.29, 0.717) is 92.5 Å². The second-order valence-corrected chi connectivity index (χ2v) is 9.89. The minimum Gasteiger partial charge on any atom is -0.491 e. The molecule has 0 aromatic heterocycles. The number of nitrogens with zero attached hydrogens (tertiary/aromatic N) is 1. The molecule has 0 atom stereocenters. The third-order valence-corrected chi connectivity index (χ3v) is 6.03. The van der Waals surface area contributed by atoms with E-state index in [9.17, 15) is 0 Å². The summed E-state index contributed by atoms with van der Waals surface area (Å²) < 4.78 is 43.9. The Bertz CT molecular complexity index is 940. The zero-order chi connectivity index (χ0) is 29.5. The molecule has 2 aromatic carbocycles. The lowest BCUT2D eigenvalue weighted by Gasteiger charge is -2.17.